The van der Waals surface area contributed by atoms with Crippen molar-refractivity contribution in [3.63, 3.8) is 0 Å². The van der Waals surface area contributed by atoms with Crippen LogP contribution in [0.15, 0.2) is 59.2 Å². The van der Waals surface area contributed by atoms with Crippen LogP contribution in [0.3, 0.4) is 0 Å². The maximum Gasteiger partial charge on any atom is 0.311 e. The Balaban J connectivity index is 2.06. The highest BCUT2D eigenvalue weighted by molar-refractivity contribution is 9.10. The molecule has 1 aromatic heterocycles. The first kappa shape index (κ1) is 20.8. The van der Waals surface area contributed by atoms with E-state index in [1.165, 1.54) is 6.07 Å². The first-order chi connectivity index (χ1) is 13.9. The highest BCUT2D eigenvalue weighted by atomic mass is 79.9. The summed E-state index contributed by atoms with van der Waals surface area (Å²) in [5, 5.41) is 11.7. The van der Waals surface area contributed by atoms with E-state index in [0.717, 1.165) is 28.0 Å². The molecule has 0 saturated heterocycles. The van der Waals surface area contributed by atoms with Gasteiger partial charge in [0.05, 0.1) is 12.0 Å². The number of hydrogen-bond donors (Lipinski definition) is 0. The lowest BCUT2D eigenvalue weighted by molar-refractivity contribution is -0.384. The Morgan fingerprint density at radius 1 is 1.03 bits per heavy atom. The van der Waals surface area contributed by atoms with Crippen LogP contribution >= 0.6 is 15.9 Å². The van der Waals surface area contributed by atoms with Crippen molar-refractivity contribution in [3.05, 3.63) is 91.6 Å². The van der Waals surface area contributed by atoms with Crippen molar-refractivity contribution >= 4 is 27.4 Å². The lowest BCUT2D eigenvalue weighted by Gasteiger charge is -2.25. The summed E-state index contributed by atoms with van der Waals surface area (Å²) >= 11 is 3.36. The molecular weight excluding hydrogens is 434 g/mol. The van der Waals surface area contributed by atoms with Gasteiger partial charge in [-0.2, -0.15) is 0 Å². The third-order valence-corrected chi connectivity index (χ3v) is 5.28. The molecule has 150 valence electrons. The van der Waals surface area contributed by atoms with Crippen LogP contribution in [0.1, 0.15) is 22.3 Å². The predicted molar refractivity (Wildman–Crippen MR) is 117 cm³/mol. The number of nitro groups is 1. The van der Waals surface area contributed by atoms with E-state index in [1.807, 2.05) is 35.2 Å². The summed E-state index contributed by atoms with van der Waals surface area (Å²) < 4.78 is 5.79. The molecule has 0 atom stereocenters. The van der Waals surface area contributed by atoms with Crippen LogP contribution in [-0.2, 0) is 13.1 Å². The molecule has 0 aliphatic heterocycles. The molecule has 2 aromatic carbocycles. The Morgan fingerprint density at radius 3 is 2.28 bits per heavy atom. The number of methoxy groups -OCH3 is 1. The fraction of sp³-hybridized carbons (Fsp3) is 0.227. The van der Waals surface area contributed by atoms with Gasteiger partial charge in [-0.3, -0.25) is 10.1 Å². The van der Waals surface area contributed by atoms with Crippen LogP contribution in [0.5, 0.6) is 5.75 Å². The second-order valence-electron chi connectivity index (χ2n) is 6.81. The zero-order valence-corrected chi connectivity index (χ0v) is 18.1. The molecule has 0 saturated carbocycles. The molecule has 1 heterocycles. The number of pyridine rings is 1. The first-order valence-corrected chi connectivity index (χ1v) is 9.92. The van der Waals surface area contributed by atoms with Crippen molar-refractivity contribution in [2.75, 3.05) is 12.0 Å². The Morgan fingerprint density at radius 2 is 1.69 bits per heavy atom. The van der Waals surface area contributed by atoms with Gasteiger partial charge in [-0.15, -0.1) is 0 Å². The third-order valence-electron chi connectivity index (χ3n) is 4.84. The molecule has 0 fully saturated rings. The fourth-order valence-corrected chi connectivity index (χ4v) is 3.54. The number of aryl methyl sites for hydroxylation is 2. The summed E-state index contributed by atoms with van der Waals surface area (Å²) in [5.41, 5.74) is 4.41. The van der Waals surface area contributed by atoms with Crippen LogP contribution in [0.2, 0.25) is 0 Å². The van der Waals surface area contributed by atoms with Crippen molar-refractivity contribution < 1.29 is 9.66 Å². The van der Waals surface area contributed by atoms with Crippen molar-refractivity contribution in [3.8, 4) is 5.75 Å². The molecule has 0 amide bonds. The Kier molecular flexibility index (Phi) is 6.49. The van der Waals surface area contributed by atoms with Gasteiger partial charge in [-0.1, -0.05) is 30.3 Å². The Bertz CT molecular complexity index is 1000. The van der Waals surface area contributed by atoms with Crippen LogP contribution in [0.25, 0.3) is 0 Å². The van der Waals surface area contributed by atoms with E-state index in [2.05, 4.69) is 46.9 Å². The molecule has 6 nitrogen and oxygen atoms in total. The third kappa shape index (κ3) is 4.92. The molecular formula is C22H22BrN3O3. The van der Waals surface area contributed by atoms with E-state index < -0.39 is 0 Å². The second kappa shape index (κ2) is 9.05. The zero-order chi connectivity index (χ0) is 21.0. The summed E-state index contributed by atoms with van der Waals surface area (Å²) in [6.45, 7) is 5.09. The molecule has 29 heavy (non-hydrogen) atoms. The number of nitrogens with zero attached hydrogens (tertiary/aromatic N) is 3. The van der Waals surface area contributed by atoms with Gasteiger partial charge in [-0.05, 0) is 70.2 Å². The lowest BCUT2D eigenvalue weighted by Crippen LogP contribution is -2.25. The van der Waals surface area contributed by atoms with Gasteiger partial charge < -0.3 is 9.64 Å². The summed E-state index contributed by atoms with van der Waals surface area (Å²) in [6.07, 6.45) is 0. The largest absolute Gasteiger partial charge is 0.497 e. The van der Waals surface area contributed by atoms with E-state index in [4.69, 9.17) is 4.74 Å². The highest BCUT2D eigenvalue weighted by Gasteiger charge is 2.23. The summed E-state index contributed by atoms with van der Waals surface area (Å²) in [4.78, 5) is 17.7. The number of aromatic nitrogens is 1. The first-order valence-electron chi connectivity index (χ1n) is 9.13. The van der Waals surface area contributed by atoms with E-state index in [-0.39, 0.29) is 10.6 Å². The smallest absolute Gasteiger partial charge is 0.311 e. The Hall–Kier alpha value is -2.93. The quantitative estimate of drug-likeness (QED) is 0.264. The zero-order valence-electron chi connectivity index (χ0n) is 16.6. The average Bonchev–Trinajstić information content (AvgIpc) is 2.70. The fourth-order valence-electron chi connectivity index (χ4n) is 3.24. The number of hydrogen-bond acceptors (Lipinski definition) is 5. The monoisotopic (exact) mass is 455 g/mol. The maximum absolute atomic E-state index is 11.7. The molecule has 7 heteroatoms. The molecule has 3 rings (SSSR count). The number of rotatable bonds is 7. The van der Waals surface area contributed by atoms with Gasteiger partial charge in [0.2, 0.25) is 5.82 Å². The predicted octanol–water partition coefficient (Wildman–Crippen LogP) is 5.58. The minimum Gasteiger partial charge on any atom is -0.497 e. The molecule has 0 N–H and O–H groups in total. The molecule has 0 bridgehead atoms. The van der Waals surface area contributed by atoms with E-state index >= 15 is 0 Å². The lowest BCUT2D eigenvalue weighted by atomic mass is 10.0. The SMILES string of the molecule is COc1ccc(CN(Cc2c(C)cccc2C)c2nc(Br)ccc2[N+](=O)[O-])cc1. The summed E-state index contributed by atoms with van der Waals surface area (Å²) in [6, 6.07) is 16.9. The molecule has 0 spiro atoms. The minimum absolute atomic E-state index is 0.0204. The Labute approximate surface area is 178 Å². The molecule has 3 aromatic rings. The molecule has 0 radical (unpaired) electrons. The van der Waals surface area contributed by atoms with E-state index in [9.17, 15) is 10.1 Å². The topological polar surface area (TPSA) is 68.5 Å². The standard InChI is InChI=1S/C22H22BrN3O3/c1-15-5-4-6-16(2)19(15)14-25(13-17-7-9-18(29-3)10-8-17)22-20(26(27)28)11-12-21(23)24-22/h4-12H,13-14H2,1-3H3. The van der Waals surface area contributed by atoms with Gasteiger partial charge >= 0.3 is 5.69 Å². The van der Waals surface area contributed by atoms with Crippen LogP contribution in [-0.4, -0.2) is 17.0 Å². The molecule has 0 aliphatic rings. The average molecular weight is 456 g/mol. The van der Waals surface area contributed by atoms with Crippen molar-refractivity contribution in [2.45, 2.75) is 26.9 Å². The van der Waals surface area contributed by atoms with E-state index in [0.29, 0.717) is 23.5 Å². The maximum atomic E-state index is 11.7. The van der Waals surface area contributed by atoms with Crippen LogP contribution < -0.4 is 9.64 Å². The van der Waals surface area contributed by atoms with Crippen molar-refractivity contribution in [1.29, 1.82) is 0 Å². The van der Waals surface area contributed by atoms with Gasteiger partial charge in [0.15, 0.2) is 0 Å². The van der Waals surface area contributed by atoms with Gasteiger partial charge in [0, 0.05) is 19.2 Å². The highest BCUT2D eigenvalue weighted by Crippen LogP contribution is 2.31. The van der Waals surface area contributed by atoms with Gasteiger partial charge in [0.25, 0.3) is 0 Å². The minimum atomic E-state index is -0.388. The van der Waals surface area contributed by atoms with Crippen LogP contribution in [0.4, 0.5) is 11.5 Å². The van der Waals surface area contributed by atoms with Crippen molar-refractivity contribution in [2.24, 2.45) is 0 Å². The molecule has 0 aliphatic carbocycles. The van der Waals surface area contributed by atoms with Gasteiger partial charge in [0.1, 0.15) is 10.4 Å². The van der Waals surface area contributed by atoms with Gasteiger partial charge in [-0.25, -0.2) is 4.98 Å². The van der Waals surface area contributed by atoms with E-state index in [1.54, 1.807) is 13.2 Å². The van der Waals surface area contributed by atoms with Crippen LogP contribution in [0, 0.1) is 24.0 Å². The number of halogens is 1. The second-order valence-corrected chi connectivity index (χ2v) is 7.62. The number of ether oxygens (including phenoxy) is 1. The summed E-state index contributed by atoms with van der Waals surface area (Å²) in [5.74, 6) is 1.10. The van der Waals surface area contributed by atoms with Crippen molar-refractivity contribution in [1.82, 2.24) is 4.98 Å². The number of benzene rings is 2. The summed E-state index contributed by atoms with van der Waals surface area (Å²) in [7, 11) is 1.62. The number of anilines is 1. The molecule has 0 unspecified atom stereocenters. The normalized spacial score (nSPS) is 10.6.